The molecule has 0 aliphatic rings. The van der Waals surface area contributed by atoms with E-state index in [9.17, 15) is 0 Å². The molecule has 0 amide bonds. The molecule has 94 valence electrons. The third-order valence-corrected chi connectivity index (χ3v) is 3.03. The first-order valence-electron chi connectivity index (χ1n) is 6.04. The first kappa shape index (κ1) is 14.0. The minimum atomic E-state index is 0.230. The lowest BCUT2D eigenvalue weighted by Crippen LogP contribution is -2.40. The van der Waals surface area contributed by atoms with Crippen LogP contribution in [0.5, 0.6) is 0 Å². The van der Waals surface area contributed by atoms with Gasteiger partial charge in [0.2, 0.25) is 0 Å². The van der Waals surface area contributed by atoms with Crippen molar-refractivity contribution in [1.82, 2.24) is 10.6 Å². The SMILES string of the molecule is Cc1ccc(C(C)NC(=S)NC(C)C)cc1C. The van der Waals surface area contributed by atoms with Crippen LogP contribution < -0.4 is 10.6 Å². The van der Waals surface area contributed by atoms with Gasteiger partial charge < -0.3 is 10.6 Å². The number of hydrogen-bond acceptors (Lipinski definition) is 1. The second kappa shape index (κ2) is 6.01. The largest absolute Gasteiger partial charge is 0.361 e. The van der Waals surface area contributed by atoms with E-state index in [-0.39, 0.29) is 6.04 Å². The Balaban J connectivity index is 2.66. The van der Waals surface area contributed by atoms with Gasteiger partial charge in [0.15, 0.2) is 5.11 Å². The van der Waals surface area contributed by atoms with Crippen molar-refractivity contribution < 1.29 is 0 Å². The van der Waals surface area contributed by atoms with E-state index in [1.54, 1.807) is 0 Å². The van der Waals surface area contributed by atoms with Gasteiger partial charge >= 0.3 is 0 Å². The Morgan fingerprint density at radius 1 is 1.06 bits per heavy atom. The molecule has 1 aromatic carbocycles. The molecule has 1 atom stereocenters. The van der Waals surface area contributed by atoms with Crippen molar-refractivity contribution in [1.29, 1.82) is 0 Å². The molecule has 3 heteroatoms. The zero-order valence-electron chi connectivity index (χ0n) is 11.3. The van der Waals surface area contributed by atoms with Gasteiger partial charge in [0.05, 0.1) is 6.04 Å². The zero-order valence-corrected chi connectivity index (χ0v) is 12.1. The van der Waals surface area contributed by atoms with Crippen LogP contribution in [0.1, 0.15) is 43.5 Å². The quantitative estimate of drug-likeness (QED) is 0.805. The fourth-order valence-corrected chi connectivity index (χ4v) is 2.03. The smallest absolute Gasteiger partial charge is 0.166 e. The highest BCUT2D eigenvalue weighted by molar-refractivity contribution is 7.80. The van der Waals surface area contributed by atoms with E-state index in [1.165, 1.54) is 16.7 Å². The van der Waals surface area contributed by atoms with Crippen molar-refractivity contribution in [2.24, 2.45) is 0 Å². The topological polar surface area (TPSA) is 24.1 Å². The van der Waals surface area contributed by atoms with Crippen molar-refractivity contribution in [3.8, 4) is 0 Å². The molecule has 0 fully saturated rings. The summed E-state index contributed by atoms with van der Waals surface area (Å²) in [7, 11) is 0. The van der Waals surface area contributed by atoms with Crippen molar-refractivity contribution in [2.75, 3.05) is 0 Å². The van der Waals surface area contributed by atoms with Crippen LogP contribution in [0.3, 0.4) is 0 Å². The maximum absolute atomic E-state index is 5.24. The van der Waals surface area contributed by atoms with Crippen LogP contribution >= 0.6 is 12.2 Å². The molecule has 0 aliphatic heterocycles. The summed E-state index contributed by atoms with van der Waals surface area (Å²) in [6.45, 7) is 10.5. The Kier molecular flexibility index (Phi) is 4.94. The second-order valence-electron chi connectivity index (χ2n) is 4.84. The molecule has 1 rings (SSSR count). The van der Waals surface area contributed by atoms with Gasteiger partial charge in [-0.25, -0.2) is 0 Å². The number of rotatable bonds is 3. The predicted molar refractivity (Wildman–Crippen MR) is 78.3 cm³/mol. The highest BCUT2D eigenvalue weighted by Gasteiger charge is 2.08. The Hall–Kier alpha value is -1.09. The fourth-order valence-electron chi connectivity index (χ4n) is 1.62. The molecule has 1 aromatic rings. The van der Waals surface area contributed by atoms with Gasteiger partial charge in [0.1, 0.15) is 0 Å². The van der Waals surface area contributed by atoms with E-state index >= 15 is 0 Å². The molecular weight excluding hydrogens is 228 g/mol. The first-order valence-corrected chi connectivity index (χ1v) is 6.45. The average molecular weight is 250 g/mol. The summed E-state index contributed by atoms with van der Waals surface area (Å²) >= 11 is 5.24. The van der Waals surface area contributed by atoms with Crippen molar-refractivity contribution >= 4 is 17.3 Å². The van der Waals surface area contributed by atoms with Gasteiger partial charge in [0.25, 0.3) is 0 Å². The summed E-state index contributed by atoms with van der Waals surface area (Å²) in [4.78, 5) is 0. The standard InChI is InChI=1S/C14H22N2S/c1-9(2)15-14(17)16-12(5)13-7-6-10(3)11(4)8-13/h6-9,12H,1-5H3,(H2,15,16,17). The van der Waals surface area contributed by atoms with Crippen LogP contribution in [0.4, 0.5) is 0 Å². The van der Waals surface area contributed by atoms with Crippen LogP contribution in [-0.4, -0.2) is 11.2 Å². The molecule has 0 bridgehead atoms. The number of aryl methyl sites for hydroxylation is 2. The van der Waals surface area contributed by atoms with E-state index in [0.717, 1.165) is 0 Å². The van der Waals surface area contributed by atoms with E-state index in [1.807, 2.05) is 0 Å². The molecule has 0 heterocycles. The van der Waals surface area contributed by atoms with Gasteiger partial charge in [-0.1, -0.05) is 18.2 Å². The van der Waals surface area contributed by atoms with Crippen molar-refractivity contribution in [3.05, 3.63) is 34.9 Å². The van der Waals surface area contributed by atoms with E-state index in [4.69, 9.17) is 12.2 Å². The molecule has 0 saturated heterocycles. The molecular formula is C14H22N2S. The highest BCUT2D eigenvalue weighted by atomic mass is 32.1. The van der Waals surface area contributed by atoms with Gasteiger partial charge in [0, 0.05) is 6.04 Å². The molecule has 0 aliphatic carbocycles. The van der Waals surface area contributed by atoms with Crippen molar-refractivity contribution in [2.45, 2.75) is 46.7 Å². The Morgan fingerprint density at radius 3 is 2.24 bits per heavy atom. The summed E-state index contributed by atoms with van der Waals surface area (Å²) in [6.07, 6.45) is 0. The zero-order chi connectivity index (χ0) is 13.0. The number of benzene rings is 1. The maximum atomic E-state index is 5.24. The second-order valence-corrected chi connectivity index (χ2v) is 5.25. The number of hydrogen-bond donors (Lipinski definition) is 2. The molecule has 17 heavy (non-hydrogen) atoms. The minimum absolute atomic E-state index is 0.230. The molecule has 0 radical (unpaired) electrons. The van der Waals surface area contributed by atoms with Gasteiger partial charge in [-0.15, -0.1) is 0 Å². The number of nitrogens with one attached hydrogen (secondary N) is 2. The van der Waals surface area contributed by atoms with Crippen LogP contribution in [-0.2, 0) is 0 Å². The lowest BCUT2D eigenvalue weighted by Gasteiger charge is -2.19. The summed E-state index contributed by atoms with van der Waals surface area (Å²) < 4.78 is 0. The summed E-state index contributed by atoms with van der Waals surface area (Å²) in [5.74, 6) is 0. The van der Waals surface area contributed by atoms with Crippen molar-refractivity contribution in [3.63, 3.8) is 0 Å². The van der Waals surface area contributed by atoms with Crippen LogP contribution in [0, 0.1) is 13.8 Å². The Bertz CT molecular complexity index is 399. The van der Waals surface area contributed by atoms with E-state index < -0.39 is 0 Å². The van der Waals surface area contributed by atoms with E-state index in [2.05, 4.69) is 63.5 Å². The average Bonchev–Trinajstić information content (AvgIpc) is 2.20. The molecule has 0 spiro atoms. The molecule has 0 saturated carbocycles. The normalized spacial score (nSPS) is 12.4. The maximum Gasteiger partial charge on any atom is 0.166 e. The van der Waals surface area contributed by atoms with Gasteiger partial charge in [-0.3, -0.25) is 0 Å². The van der Waals surface area contributed by atoms with Gasteiger partial charge in [-0.2, -0.15) is 0 Å². The van der Waals surface area contributed by atoms with Gasteiger partial charge in [-0.05, 0) is 63.5 Å². The first-order chi connectivity index (χ1) is 7.90. The predicted octanol–water partition coefficient (Wildman–Crippen LogP) is 3.24. The minimum Gasteiger partial charge on any atom is -0.361 e. The highest BCUT2D eigenvalue weighted by Crippen LogP contribution is 2.16. The number of thiocarbonyl (C=S) groups is 1. The lowest BCUT2D eigenvalue weighted by atomic mass is 10.0. The third kappa shape index (κ3) is 4.35. The molecule has 2 nitrogen and oxygen atoms in total. The molecule has 2 N–H and O–H groups in total. The Morgan fingerprint density at radius 2 is 1.71 bits per heavy atom. The Labute approximate surface area is 110 Å². The third-order valence-electron chi connectivity index (χ3n) is 2.80. The summed E-state index contributed by atoms with van der Waals surface area (Å²) in [5.41, 5.74) is 3.91. The van der Waals surface area contributed by atoms with E-state index in [0.29, 0.717) is 11.2 Å². The van der Waals surface area contributed by atoms with Crippen LogP contribution in [0.15, 0.2) is 18.2 Å². The van der Waals surface area contributed by atoms with Crippen LogP contribution in [0.2, 0.25) is 0 Å². The fraction of sp³-hybridized carbons (Fsp3) is 0.500. The molecule has 1 unspecified atom stereocenters. The summed E-state index contributed by atoms with van der Waals surface area (Å²) in [5, 5.41) is 7.20. The monoisotopic (exact) mass is 250 g/mol. The summed E-state index contributed by atoms with van der Waals surface area (Å²) in [6, 6.07) is 7.11. The lowest BCUT2D eigenvalue weighted by molar-refractivity contribution is 0.663. The van der Waals surface area contributed by atoms with Crippen LogP contribution in [0.25, 0.3) is 0 Å². The molecule has 0 aromatic heterocycles.